The summed E-state index contributed by atoms with van der Waals surface area (Å²) in [6.45, 7) is 6.67. The average molecular weight is 462 g/mol. The summed E-state index contributed by atoms with van der Waals surface area (Å²) < 4.78 is 8.27. The van der Waals surface area contributed by atoms with E-state index in [0.717, 1.165) is 55.7 Å². The van der Waals surface area contributed by atoms with Gasteiger partial charge in [-0.25, -0.2) is 4.98 Å². The Balaban J connectivity index is 1.28. The number of nitrogens with one attached hydrogen (secondary N) is 1. The second kappa shape index (κ2) is 12.0. The molecule has 0 spiro atoms. The Bertz CT molecular complexity index is 1050. The number of aryl methyl sites for hydroxylation is 1. The molecule has 182 valence electrons. The Kier molecular flexibility index (Phi) is 8.62. The molecule has 0 saturated heterocycles. The summed E-state index contributed by atoms with van der Waals surface area (Å²) in [7, 11) is 0. The van der Waals surface area contributed by atoms with Gasteiger partial charge in [-0.05, 0) is 61.4 Å². The van der Waals surface area contributed by atoms with Gasteiger partial charge in [0, 0.05) is 25.4 Å². The quantitative estimate of drug-likeness (QED) is 0.343. The zero-order valence-electron chi connectivity index (χ0n) is 20.8. The molecular formula is C29H39N3O2. The molecule has 0 radical (unpaired) electrons. The Morgan fingerprint density at radius 2 is 1.82 bits per heavy atom. The van der Waals surface area contributed by atoms with Crippen LogP contribution >= 0.6 is 0 Å². The highest BCUT2D eigenvalue weighted by atomic mass is 16.5. The lowest BCUT2D eigenvalue weighted by atomic mass is 9.89. The van der Waals surface area contributed by atoms with Crippen molar-refractivity contribution in [3.05, 3.63) is 59.9 Å². The summed E-state index contributed by atoms with van der Waals surface area (Å²) >= 11 is 0. The number of para-hydroxylation sites is 2. The topological polar surface area (TPSA) is 56.1 Å². The van der Waals surface area contributed by atoms with Gasteiger partial charge in [0.05, 0.1) is 17.6 Å². The number of imidazole rings is 1. The van der Waals surface area contributed by atoms with Gasteiger partial charge < -0.3 is 14.6 Å². The predicted octanol–water partition coefficient (Wildman–Crippen LogP) is 6.26. The fourth-order valence-electron chi connectivity index (χ4n) is 4.88. The zero-order chi connectivity index (χ0) is 23.8. The lowest BCUT2D eigenvalue weighted by molar-refractivity contribution is -0.125. The number of aromatic nitrogens is 2. The molecule has 0 aliphatic heterocycles. The maximum atomic E-state index is 12.5. The smallest absolute Gasteiger partial charge is 0.223 e. The number of benzene rings is 2. The summed E-state index contributed by atoms with van der Waals surface area (Å²) in [5.41, 5.74) is 3.53. The van der Waals surface area contributed by atoms with Crippen molar-refractivity contribution in [1.29, 1.82) is 0 Å². The van der Waals surface area contributed by atoms with Crippen LogP contribution < -0.4 is 10.1 Å². The van der Waals surface area contributed by atoms with Crippen molar-refractivity contribution >= 4 is 16.9 Å². The Hall–Kier alpha value is -2.82. The number of ether oxygens (including phenoxy) is 1. The normalized spacial score (nSPS) is 14.6. The van der Waals surface area contributed by atoms with E-state index in [-0.39, 0.29) is 11.8 Å². The number of rotatable bonds is 11. The second-order valence-corrected chi connectivity index (χ2v) is 9.82. The number of nitrogens with zero attached hydrogens (tertiary/aromatic N) is 2. The van der Waals surface area contributed by atoms with E-state index in [0.29, 0.717) is 19.1 Å². The number of amides is 1. The van der Waals surface area contributed by atoms with E-state index < -0.39 is 0 Å². The van der Waals surface area contributed by atoms with Crippen LogP contribution in [0.25, 0.3) is 11.0 Å². The SMILES string of the molecule is CC(C)c1ccc(OCCCCn2c(CCNC(=O)C3CCCCC3)nc3ccccc32)cc1. The van der Waals surface area contributed by atoms with E-state index in [1.54, 1.807) is 0 Å². The molecule has 0 unspecified atom stereocenters. The lowest BCUT2D eigenvalue weighted by Gasteiger charge is -2.20. The third-order valence-corrected chi connectivity index (χ3v) is 6.95. The van der Waals surface area contributed by atoms with Crippen LogP contribution in [0.15, 0.2) is 48.5 Å². The third kappa shape index (κ3) is 6.40. The van der Waals surface area contributed by atoms with Gasteiger partial charge >= 0.3 is 0 Å². The molecule has 1 aliphatic carbocycles. The van der Waals surface area contributed by atoms with Crippen molar-refractivity contribution in [3.8, 4) is 5.75 Å². The van der Waals surface area contributed by atoms with Gasteiger partial charge in [0.1, 0.15) is 11.6 Å². The number of hydrogen-bond donors (Lipinski definition) is 1. The molecule has 1 amide bonds. The van der Waals surface area contributed by atoms with Crippen molar-refractivity contribution in [2.24, 2.45) is 5.92 Å². The number of carbonyl (C=O) groups is 1. The largest absolute Gasteiger partial charge is 0.494 e. The van der Waals surface area contributed by atoms with Crippen molar-refractivity contribution in [1.82, 2.24) is 14.9 Å². The van der Waals surface area contributed by atoms with Gasteiger partial charge in [0.2, 0.25) is 5.91 Å². The van der Waals surface area contributed by atoms with Gasteiger partial charge in [0.25, 0.3) is 0 Å². The summed E-state index contributed by atoms with van der Waals surface area (Å²) in [5, 5.41) is 3.17. The van der Waals surface area contributed by atoms with Crippen LogP contribution in [0.5, 0.6) is 5.75 Å². The van der Waals surface area contributed by atoms with E-state index in [1.807, 2.05) is 6.07 Å². The molecule has 2 aromatic carbocycles. The number of carbonyl (C=O) groups excluding carboxylic acids is 1. The number of fused-ring (bicyclic) bond motifs is 1. The fourth-order valence-corrected chi connectivity index (χ4v) is 4.88. The molecule has 34 heavy (non-hydrogen) atoms. The van der Waals surface area contributed by atoms with Gasteiger partial charge in [-0.3, -0.25) is 4.79 Å². The summed E-state index contributed by atoms with van der Waals surface area (Å²) in [6, 6.07) is 16.7. The van der Waals surface area contributed by atoms with Crippen molar-refractivity contribution in [3.63, 3.8) is 0 Å². The second-order valence-electron chi connectivity index (χ2n) is 9.82. The van der Waals surface area contributed by atoms with Crippen molar-refractivity contribution in [2.45, 2.75) is 77.7 Å². The molecular weight excluding hydrogens is 422 g/mol. The van der Waals surface area contributed by atoms with Crippen molar-refractivity contribution in [2.75, 3.05) is 13.2 Å². The maximum absolute atomic E-state index is 12.5. The molecule has 0 bridgehead atoms. The highest BCUT2D eigenvalue weighted by molar-refractivity contribution is 5.78. The number of hydrogen-bond acceptors (Lipinski definition) is 3. The Morgan fingerprint density at radius 3 is 2.59 bits per heavy atom. The first-order valence-electron chi connectivity index (χ1n) is 13.1. The molecule has 5 heteroatoms. The van der Waals surface area contributed by atoms with Crippen LogP contribution in [-0.2, 0) is 17.8 Å². The van der Waals surface area contributed by atoms with Crippen LogP contribution in [0.3, 0.4) is 0 Å². The van der Waals surface area contributed by atoms with Crippen LogP contribution in [0, 0.1) is 5.92 Å². The van der Waals surface area contributed by atoms with Crippen LogP contribution in [0.1, 0.15) is 76.1 Å². The predicted molar refractivity (Wildman–Crippen MR) is 138 cm³/mol. The lowest BCUT2D eigenvalue weighted by Crippen LogP contribution is -2.33. The minimum Gasteiger partial charge on any atom is -0.494 e. The summed E-state index contributed by atoms with van der Waals surface area (Å²) in [6.07, 6.45) is 8.46. The van der Waals surface area contributed by atoms with Gasteiger partial charge in [0.15, 0.2) is 0 Å². The molecule has 5 nitrogen and oxygen atoms in total. The van der Waals surface area contributed by atoms with Gasteiger partial charge in [-0.15, -0.1) is 0 Å². The number of unbranched alkanes of at least 4 members (excludes halogenated alkanes) is 1. The van der Waals surface area contributed by atoms with Crippen molar-refractivity contribution < 1.29 is 9.53 Å². The van der Waals surface area contributed by atoms with E-state index in [9.17, 15) is 4.79 Å². The molecule has 1 aliphatic rings. The molecule has 0 atom stereocenters. The van der Waals surface area contributed by atoms with Gasteiger partial charge in [-0.1, -0.05) is 57.4 Å². The first-order chi connectivity index (χ1) is 16.6. The summed E-state index contributed by atoms with van der Waals surface area (Å²) in [4.78, 5) is 17.4. The first kappa shape index (κ1) is 24.3. The Labute approximate surface area is 203 Å². The molecule has 1 aromatic heterocycles. The van der Waals surface area contributed by atoms with E-state index in [2.05, 4.69) is 66.2 Å². The maximum Gasteiger partial charge on any atom is 0.223 e. The molecule has 1 N–H and O–H groups in total. The molecule has 3 aromatic rings. The Morgan fingerprint density at radius 1 is 1.06 bits per heavy atom. The summed E-state index contributed by atoms with van der Waals surface area (Å²) in [5.74, 6) is 2.95. The van der Waals surface area contributed by atoms with E-state index in [4.69, 9.17) is 9.72 Å². The van der Waals surface area contributed by atoms with Gasteiger partial charge in [-0.2, -0.15) is 0 Å². The minimum atomic E-state index is 0.203. The average Bonchev–Trinajstić information content (AvgIpc) is 3.22. The zero-order valence-corrected chi connectivity index (χ0v) is 20.8. The third-order valence-electron chi connectivity index (χ3n) is 6.95. The molecule has 1 heterocycles. The highest BCUT2D eigenvalue weighted by Gasteiger charge is 2.20. The first-order valence-corrected chi connectivity index (χ1v) is 13.1. The molecule has 1 fully saturated rings. The molecule has 1 saturated carbocycles. The molecule has 4 rings (SSSR count). The monoisotopic (exact) mass is 461 g/mol. The standard InChI is InChI=1S/C29H39N3O2/c1-22(2)23-14-16-25(17-15-23)34-21-9-8-20-32-27-13-7-6-12-26(27)31-28(32)18-19-30-29(33)24-10-4-3-5-11-24/h6-7,12-17,22,24H,3-5,8-11,18-21H2,1-2H3,(H,30,33). The van der Waals surface area contributed by atoms with E-state index >= 15 is 0 Å². The van der Waals surface area contributed by atoms with E-state index in [1.165, 1.54) is 30.3 Å². The highest BCUT2D eigenvalue weighted by Crippen LogP contribution is 2.24. The fraction of sp³-hybridized carbons (Fsp3) is 0.517. The van der Waals surface area contributed by atoms with Crippen LogP contribution in [-0.4, -0.2) is 28.6 Å². The van der Waals surface area contributed by atoms with Crippen LogP contribution in [0.4, 0.5) is 0 Å². The minimum absolute atomic E-state index is 0.203. The van der Waals surface area contributed by atoms with Crippen LogP contribution in [0.2, 0.25) is 0 Å².